The van der Waals surface area contributed by atoms with Crippen LogP contribution in [0.25, 0.3) is 0 Å². The summed E-state index contributed by atoms with van der Waals surface area (Å²) >= 11 is 0. The van der Waals surface area contributed by atoms with Crippen molar-refractivity contribution in [2.45, 2.75) is 11.8 Å². The van der Waals surface area contributed by atoms with E-state index in [-0.39, 0.29) is 11.8 Å². The van der Waals surface area contributed by atoms with Crippen molar-refractivity contribution in [1.82, 2.24) is 19.9 Å². The smallest absolute Gasteiger partial charge is 0.216 e. The lowest BCUT2D eigenvalue weighted by Gasteiger charge is -2.29. The molecule has 0 aliphatic rings. The second-order valence-corrected chi connectivity index (χ2v) is 6.42. The molecule has 138 valence electrons. The van der Waals surface area contributed by atoms with Crippen LogP contribution in [0, 0.1) is 0 Å². The molecule has 5 heteroatoms. The van der Waals surface area contributed by atoms with Crippen molar-refractivity contribution in [1.29, 1.82) is 0 Å². The summed E-state index contributed by atoms with van der Waals surface area (Å²) in [6.07, 6.45) is 12.8. The summed E-state index contributed by atoms with van der Waals surface area (Å²) in [6, 6.07) is 16.1. The monoisotopic (exact) mass is 368 g/mol. The summed E-state index contributed by atoms with van der Waals surface area (Å²) in [5.74, 6) is 0.518. The van der Waals surface area contributed by atoms with Gasteiger partial charge >= 0.3 is 0 Å². The summed E-state index contributed by atoms with van der Waals surface area (Å²) in [5, 5.41) is 0. The first-order valence-electron chi connectivity index (χ1n) is 9.07. The van der Waals surface area contributed by atoms with Gasteiger partial charge in [-0.1, -0.05) is 24.3 Å². The van der Waals surface area contributed by atoms with Crippen LogP contribution in [0.15, 0.2) is 91.9 Å². The molecule has 0 bridgehead atoms. The van der Waals surface area contributed by atoms with Crippen molar-refractivity contribution >= 4 is 0 Å². The minimum atomic E-state index is -0.0641. The van der Waals surface area contributed by atoms with Gasteiger partial charge in [-0.2, -0.15) is 0 Å². The van der Waals surface area contributed by atoms with Gasteiger partial charge < -0.3 is 4.74 Å². The van der Waals surface area contributed by atoms with E-state index in [1.165, 1.54) is 0 Å². The van der Waals surface area contributed by atoms with E-state index >= 15 is 0 Å². The third kappa shape index (κ3) is 3.60. The highest BCUT2D eigenvalue weighted by molar-refractivity contribution is 5.45. The van der Waals surface area contributed by atoms with Gasteiger partial charge in [-0.25, -0.2) is 4.98 Å². The van der Waals surface area contributed by atoms with Gasteiger partial charge in [0.1, 0.15) is 0 Å². The topological polar surface area (TPSA) is 60.8 Å². The molecule has 4 aromatic heterocycles. The second-order valence-electron chi connectivity index (χ2n) is 6.42. The fourth-order valence-electron chi connectivity index (χ4n) is 3.62. The highest BCUT2D eigenvalue weighted by Gasteiger charge is 2.31. The number of ether oxygens (including phenoxy) is 1. The van der Waals surface area contributed by atoms with Crippen LogP contribution in [0.3, 0.4) is 0 Å². The molecule has 0 amide bonds. The van der Waals surface area contributed by atoms with Crippen LogP contribution in [0.5, 0.6) is 5.88 Å². The Morgan fingerprint density at radius 3 is 1.61 bits per heavy atom. The van der Waals surface area contributed by atoms with Crippen LogP contribution in [-0.4, -0.2) is 27.0 Å². The zero-order chi connectivity index (χ0) is 19.2. The summed E-state index contributed by atoms with van der Waals surface area (Å²) < 4.78 is 5.61. The van der Waals surface area contributed by atoms with E-state index in [1.54, 1.807) is 31.9 Å². The quantitative estimate of drug-likeness (QED) is 0.509. The highest BCUT2D eigenvalue weighted by Crippen LogP contribution is 2.44. The Labute approximate surface area is 164 Å². The molecule has 0 aromatic carbocycles. The Bertz CT molecular complexity index is 971. The molecule has 0 aliphatic carbocycles. The van der Waals surface area contributed by atoms with Crippen LogP contribution in [0.1, 0.15) is 34.1 Å². The molecule has 0 radical (unpaired) electrons. The van der Waals surface area contributed by atoms with Crippen LogP contribution in [-0.2, 0) is 0 Å². The molecule has 0 spiro atoms. The number of aromatic nitrogens is 4. The third-order valence-electron chi connectivity index (χ3n) is 4.79. The van der Waals surface area contributed by atoms with Crippen molar-refractivity contribution in [3.05, 3.63) is 114 Å². The van der Waals surface area contributed by atoms with Crippen LogP contribution >= 0.6 is 0 Å². The standard InChI is InChI=1S/C23H20N4O/c1-28-23-20(9-5-13-27-23)22(19-8-4-12-26-16-19)21(17-6-2-10-24-14-17)18-7-3-11-25-15-18/h2-16,21-22H,1H3. The van der Waals surface area contributed by atoms with Crippen LogP contribution < -0.4 is 4.74 Å². The molecule has 1 atom stereocenters. The number of hydrogen-bond donors (Lipinski definition) is 0. The molecule has 0 aliphatic heterocycles. The summed E-state index contributed by atoms with van der Waals surface area (Å²) in [7, 11) is 1.65. The maximum absolute atomic E-state index is 5.61. The molecule has 0 N–H and O–H groups in total. The first-order chi connectivity index (χ1) is 13.9. The lowest BCUT2D eigenvalue weighted by molar-refractivity contribution is 0.388. The molecular weight excluding hydrogens is 348 g/mol. The Balaban J connectivity index is 1.97. The average molecular weight is 368 g/mol. The van der Waals surface area contributed by atoms with Crippen LogP contribution in [0.2, 0.25) is 0 Å². The first kappa shape index (κ1) is 17.8. The summed E-state index contributed by atoms with van der Waals surface area (Å²) in [6.45, 7) is 0. The van der Waals surface area contributed by atoms with Gasteiger partial charge in [0.05, 0.1) is 7.11 Å². The minimum absolute atomic E-state index is 0.0234. The predicted molar refractivity (Wildman–Crippen MR) is 107 cm³/mol. The molecule has 4 heterocycles. The van der Waals surface area contributed by atoms with Gasteiger partial charge in [-0.15, -0.1) is 0 Å². The molecule has 5 nitrogen and oxygen atoms in total. The Morgan fingerprint density at radius 2 is 1.14 bits per heavy atom. The van der Waals surface area contributed by atoms with Gasteiger partial charge in [0, 0.05) is 60.8 Å². The second kappa shape index (κ2) is 8.39. The summed E-state index contributed by atoms with van der Waals surface area (Å²) in [5.41, 5.74) is 4.26. The van der Waals surface area contributed by atoms with Crippen molar-refractivity contribution in [3.63, 3.8) is 0 Å². The third-order valence-corrected chi connectivity index (χ3v) is 4.79. The Kier molecular flexibility index (Phi) is 5.33. The van der Waals surface area contributed by atoms with Gasteiger partial charge in [0.15, 0.2) is 0 Å². The number of pyridine rings is 4. The van der Waals surface area contributed by atoms with E-state index in [2.05, 4.69) is 44.2 Å². The Morgan fingerprint density at radius 1 is 0.643 bits per heavy atom. The SMILES string of the molecule is COc1ncccc1C(c1cccnc1)C(c1cccnc1)c1cccnc1. The normalized spacial score (nSPS) is 11.9. The maximum atomic E-state index is 5.61. The van der Waals surface area contributed by atoms with E-state index in [0.717, 1.165) is 22.3 Å². The van der Waals surface area contributed by atoms with E-state index < -0.39 is 0 Å². The van der Waals surface area contributed by atoms with Crippen molar-refractivity contribution in [2.24, 2.45) is 0 Å². The van der Waals surface area contributed by atoms with Gasteiger partial charge in [-0.05, 0) is 41.0 Å². The van der Waals surface area contributed by atoms with Crippen molar-refractivity contribution in [2.75, 3.05) is 7.11 Å². The number of methoxy groups -OCH3 is 1. The molecule has 28 heavy (non-hydrogen) atoms. The number of hydrogen-bond acceptors (Lipinski definition) is 5. The van der Waals surface area contributed by atoms with Gasteiger partial charge in [0.2, 0.25) is 5.88 Å². The zero-order valence-electron chi connectivity index (χ0n) is 15.5. The van der Waals surface area contributed by atoms with Gasteiger partial charge in [0.25, 0.3) is 0 Å². The van der Waals surface area contributed by atoms with Crippen molar-refractivity contribution in [3.8, 4) is 5.88 Å². The van der Waals surface area contributed by atoms with Gasteiger partial charge in [-0.3, -0.25) is 15.0 Å². The van der Waals surface area contributed by atoms with E-state index in [1.807, 2.05) is 42.9 Å². The van der Waals surface area contributed by atoms with E-state index in [9.17, 15) is 0 Å². The zero-order valence-corrected chi connectivity index (χ0v) is 15.5. The lowest BCUT2D eigenvalue weighted by atomic mass is 9.75. The van der Waals surface area contributed by atoms with Crippen LogP contribution in [0.4, 0.5) is 0 Å². The van der Waals surface area contributed by atoms with E-state index in [0.29, 0.717) is 5.88 Å². The largest absolute Gasteiger partial charge is 0.481 e. The Hall–Kier alpha value is -3.60. The first-order valence-corrected chi connectivity index (χ1v) is 9.07. The number of nitrogens with zero attached hydrogens (tertiary/aromatic N) is 4. The fraction of sp³-hybridized carbons (Fsp3) is 0.130. The predicted octanol–water partition coefficient (Wildman–Crippen LogP) is 4.24. The fourth-order valence-corrected chi connectivity index (χ4v) is 3.62. The van der Waals surface area contributed by atoms with Crippen molar-refractivity contribution < 1.29 is 4.74 Å². The molecule has 0 fully saturated rings. The van der Waals surface area contributed by atoms with E-state index in [4.69, 9.17) is 4.74 Å². The average Bonchev–Trinajstić information content (AvgIpc) is 2.79. The molecule has 4 aromatic rings. The molecule has 0 saturated carbocycles. The molecule has 4 rings (SSSR count). The summed E-state index contributed by atoms with van der Waals surface area (Å²) in [4.78, 5) is 17.5. The molecule has 0 saturated heterocycles. The minimum Gasteiger partial charge on any atom is -0.481 e. The number of rotatable bonds is 6. The maximum Gasteiger partial charge on any atom is 0.216 e. The molecular formula is C23H20N4O. The lowest BCUT2D eigenvalue weighted by Crippen LogP contribution is -2.16. The highest BCUT2D eigenvalue weighted by atomic mass is 16.5. The molecule has 1 unspecified atom stereocenters.